The lowest BCUT2D eigenvalue weighted by Gasteiger charge is -1.87. The minimum Gasteiger partial charge on any atom is -0.287 e. The maximum Gasteiger partial charge on any atom is 0.272 e. The average Bonchev–Trinajstić information content (AvgIpc) is 2.75. The third-order valence-electron chi connectivity index (χ3n) is 2.66. The Balaban J connectivity index is 2.70. The molecule has 0 unspecified atom stereocenters. The smallest absolute Gasteiger partial charge is 0.272 e. The number of fused-ring (bicyclic) bond motifs is 2. The minimum absolute atomic E-state index is 0.211. The maximum atomic E-state index is 11.9. The van der Waals surface area contributed by atoms with Gasteiger partial charge >= 0.3 is 0 Å². The summed E-state index contributed by atoms with van der Waals surface area (Å²) in [6.07, 6.45) is 0. The summed E-state index contributed by atoms with van der Waals surface area (Å²) >= 11 is 1.82. The van der Waals surface area contributed by atoms with Gasteiger partial charge in [-0.15, -0.1) is 22.7 Å². The highest BCUT2D eigenvalue weighted by atomic mass is 32.1. The van der Waals surface area contributed by atoms with E-state index in [0.717, 1.165) is 27.2 Å². The molecule has 1 N–H and O–H groups in total. The summed E-state index contributed by atoms with van der Waals surface area (Å²) in [4.78, 5) is 49.0. The monoisotopic (exact) mass is 282 g/mol. The van der Waals surface area contributed by atoms with Gasteiger partial charge in [-0.05, 0) is 6.92 Å². The second-order valence-electron chi connectivity index (χ2n) is 3.66. The Bertz CT molecular complexity index is 915. The van der Waals surface area contributed by atoms with Crippen LogP contribution in [-0.2, 0) is 6.54 Å². The van der Waals surface area contributed by atoms with Crippen LogP contribution >= 0.6 is 22.7 Å². The third kappa shape index (κ3) is 1.27. The van der Waals surface area contributed by atoms with E-state index in [-0.39, 0.29) is 25.3 Å². The number of nitrogens with zero attached hydrogens (tertiary/aromatic N) is 1. The summed E-state index contributed by atoms with van der Waals surface area (Å²) in [6, 6.07) is 0. The van der Waals surface area contributed by atoms with Crippen LogP contribution in [0.2, 0.25) is 0 Å². The van der Waals surface area contributed by atoms with E-state index < -0.39 is 22.2 Å². The molecule has 18 heavy (non-hydrogen) atoms. The van der Waals surface area contributed by atoms with E-state index in [9.17, 15) is 19.2 Å². The van der Waals surface area contributed by atoms with Gasteiger partial charge in [-0.25, -0.2) is 0 Å². The van der Waals surface area contributed by atoms with Crippen molar-refractivity contribution in [3.05, 3.63) is 41.4 Å². The van der Waals surface area contributed by atoms with Crippen molar-refractivity contribution < 1.29 is 0 Å². The number of rotatable bonds is 1. The molecule has 3 aromatic heterocycles. The van der Waals surface area contributed by atoms with Crippen molar-refractivity contribution in [3.8, 4) is 0 Å². The lowest BCUT2D eigenvalue weighted by Crippen LogP contribution is -2.23. The van der Waals surface area contributed by atoms with Gasteiger partial charge in [-0.3, -0.25) is 28.7 Å². The first-order valence-corrected chi connectivity index (χ1v) is 6.74. The molecule has 0 spiro atoms. The number of hydrogen-bond acceptors (Lipinski definition) is 6. The first-order valence-electron chi connectivity index (χ1n) is 5.10. The Kier molecular flexibility index (Phi) is 2.26. The SMILES string of the molecule is CCn1c(=O)c2sc3c(=O)[nH]c(=O)c3sc2c1=O. The van der Waals surface area contributed by atoms with Crippen molar-refractivity contribution in [2.75, 3.05) is 0 Å². The molecule has 0 saturated heterocycles. The van der Waals surface area contributed by atoms with Gasteiger partial charge < -0.3 is 0 Å². The molecule has 0 aromatic carbocycles. The molecule has 0 aliphatic carbocycles. The highest BCUT2D eigenvalue weighted by molar-refractivity contribution is 7.36. The van der Waals surface area contributed by atoms with Crippen molar-refractivity contribution >= 4 is 41.5 Å². The van der Waals surface area contributed by atoms with Gasteiger partial charge in [0.25, 0.3) is 22.2 Å². The molecule has 3 rings (SSSR count). The van der Waals surface area contributed by atoms with E-state index in [1.165, 1.54) is 0 Å². The second kappa shape index (κ2) is 3.59. The molecule has 0 aliphatic rings. The lowest BCUT2D eigenvalue weighted by molar-refractivity contribution is 0.723. The molecule has 92 valence electrons. The topological polar surface area (TPSA) is 89.0 Å². The van der Waals surface area contributed by atoms with Gasteiger partial charge in [0.2, 0.25) is 0 Å². The molecule has 3 aromatic rings. The highest BCUT2D eigenvalue weighted by Crippen LogP contribution is 2.25. The predicted molar refractivity (Wildman–Crippen MR) is 71.5 cm³/mol. The number of nitrogens with one attached hydrogen (secondary N) is 1. The fourth-order valence-electron chi connectivity index (χ4n) is 1.81. The van der Waals surface area contributed by atoms with E-state index >= 15 is 0 Å². The molecule has 0 fully saturated rings. The number of H-pyrrole nitrogens is 1. The van der Waals surface area contributed by atoms with E-state index in [2.05, 4.69) is 4.98 Å². The molecule has 0 saturated carbocycles. The molecular formula is C10H6N2O4S2. The Morgan fingerprint density at radius 1 is 0.889 bits per heavy atom. The normalized spacial score (nSPS) is 11.6. The van der Waals surface area contributed by atoms with Gasteiger partial charge in [-0.2, -0.15) is 0 Å². The van der Waals surface area contributed by atoms with Crippen molar-refractivity contribution in [2.24, 2.45) is 0 Å². The number of hydrogen-bond donors (Lipinski definition) is 1. The zero-order chi connectivity index (χ0) is 13.0. The van der Waals surface area contributed by atoms with E-state index in [4.69, 9.17) is 0 Å². The fourth-order valence-corrected chi connectivity index (χ4v) is 4.13. The summed E-state index contributed by atoms with van der Waals surface area (Å²) in [7, 11) is 0. The van der Waals surface area contributed by atoms with Crippen LogP contribution in [0.1, 0.15) is 6.92 Å². The second-order valence-corrected chi connectivity index (χ2v) is 5.70. The van der Waals surface area contributed by atoms with E-state index in [0.29, 0.717) is 0 Å². The Labute approximate surface area is 106 Å². The van der Waals surface area contributed by atoms with Crippen molar-refractivity contribution in [3.63, 3.8) is 0 Å². The Morgan fingerprint density at radius 2 is 1.33 bits per heavy atom. The average molecular weight is 282 g/mol. The van der Waals surface area contributed by atoms with Crippen LogP contribution in [0.5, 0.6) is 0 Å². The highest BCUT2D eigenvalue weighted by Gasteiger charge is 2.17. The predicted octanol–water partition coefficient (Wildman–Crippen LogP) is 0.144. The molecule has 0 bridgehead atoms. The first kappa shape index (κ1) is 11.3. The van der Waals surface area contributed by atoms with Gasteiger partial charge in [0.05, 0.1) is 0 Å². The van der Waals surface area contributed by atoms with E-state index in [1.807, 2.05) is 0 Å². The van der Waals surface area contributed by atoms with E-state index in [1.54, 1.807) is 6.92 Å². The van der Waals surface area contributed by atoms with Crippen LogP contribution in [0.25, 0.3) is 18.8 Å². The van der Waals surface area contributed by atoms with Crippen LogP contribution < -0.4 is 22.2 Å². The summed E-state index contributed by atoms with van der Waals surface area (Å²) < 4.78 is 2.02. The standard InChI is InChI=1S/C10H6N2O4S2/c1-2-12-9(15)5-6(10(12)16)18-4-3(17-5)7(13)11-8(4)14/h2H2,1H3,(H,11,13,14). The van der Waals surface area contributed by atoms with Crippen molar-refractivity contribution in [1.82, 2.24) is 9.55 Å². The first-order chi connectivity index (χ1) is 8.54. The zero-order valence-electron chi connectivity index (χ0n) is 9.10. The molecule has 3 heterocycles. The maximum absolute atomic E-state index is 11.9. The largest absolute Gasteiger partial charge is 0.287 e. The van der Waals surface area contributed by atoms with Gasteiger partial charge in [0.1, 0.15) is 18.8 Å². The van der Waals surface area contributed by atoms with Gasteiger partial charge in [-0.1, -0.05) is 0 Å². The summed E-state index contributed by atoms with van der Waals surface area (Å²) in [5.74, 6) is 0. The quantitative estimate of drug-likeness (QED) is 0.687. The van der Waals surface area contributed by atoms with Crippen LogP contribution in [0.4, 0.5) is 0 Å². The summed E-state index contributed by atoms with van der Waals surface area (Å²) in [5.41, 5.74) is -1.80. The van der Waals surface area contributed by atoms with Crippen LogP contribution in [0, 0.1) is 0 Å². The molecule has 6 nitrogen and oxygen atoms in total. The van der Waals surface area contributed by atoms with Crippen LogP contribution in [-0.4, -0.2) is 9.55 Å². The molecule has 0 atom stereocenters. The van der Waals surface area contributed by atoms with Crippen molar-refractivity contribution in [1.29, 1.82) is 0 Å². The molecular weight excluding hydrogens is 276 g/mol. The molecule has 8 heteroatoms. The molecule has 0 amide bonds. The molecule has 0 radical (unpaired) electrons. The summed E-state index contributed by atoms with van der Waals surface area (Å²) in [6.45, 7) is 1.97. The van der Waals surface area contributed by atoms with Crippen LogP contribution in [0.15, 0.2) is 19.2 Å². The lowest BCUT2D eigenvalue weighted by atomic mass is 10.6. The zero-order valence-corrected chi connectivity index (χ0v) is 10.7. The van der Waals surface area contributed by atoms with Crippen LogP contribution in [0.3, 0.4) is 0 Å². The van der Waals surface area contributed by atoms with Gasteiger partial charge in [0.15, 0.2) is 0 Å². The minimum atomic E-state index is -0.505. The third-order valence-corrected chi connectivity index (χ3v) is 5.27. The van der Waals surface area contributed by atoms with Gasteiger partial charge in [0, 0.05) is 6.54 Å². The number of aromatic nitrogens is 2. The fraction of sp³-hybridized carbons (Fsp3) is 0.200. The molecule has 0 aliphatic heterocycles. The summed E-state index contributed by atoms with van der Waals surface area (Å²) in [5, 5.41) is 0. The van der Waals surface area contributed by atoms with Crippen molar-refractivity contribution in [2.45, 2.75) is 13.5 Å². The number of aromatic amines is 1. The Hall–Kier alpha value is -1.80. The Morgan fingerprint density at radius 3 is 1.72 bits per heavy atom.